The fourth-order valence-corrected chi connectivity index (χ4v) is 2.37. The van der Waals surface area contributed by atoms with Gasteiger partial charge in [-0.3, -0.25) is 19.3 Å². The van der Waals surface area contributed by atoms with Crippen LogP contribution in [-0.2, 0) is 19.1 Å². The van der Waals surface area contributed by atoms with Crippen molar-refractivity contribution in [2.45, 2.75) is 31.5 Å². The number of nitrogens with zero attached hydrogens (tertiary/aromatic N) is 1. The summed E-state index contributed by atoms with van der Waals surface area (Å²) >= 11 is 0. The van der Waals surface area contributed by atoms with Gasteiger partial charge >= 0.3 is 18.2 Å². The molecule has 2 N–H and O–H groups in total. The molecule has 1 aliphatic heterocycles. The van der Waals surface area contributed by atoms with E-state index in [1.807, 2.05) is 0 Å². The lowest BCUT2D eigenvalue weighted by Crippen LogP contribution is -2.46. The highest BCUT2D eigenvalue weighted by Gasteiger charge is 2.56. The van der Waals surface area contributed by atoms with E-state index < -0.39 is 55.2 Å². The van der Waals surface area contributed by atoms with E-state index in [1.165, 1.54) is 5.32 Å². The molecule has 2 aliphatic rings. The maximum absolute atomic E-state index is 12.2. The van der Waals surface area contributed by atoms with Gasteiger partial charge in [-0.15, -0.1) is 0 Å². The molecule has 0 bridgehead atoms. The van der Waals surface area contributed by atoms with Crippen LogP contribution in [0.1, 0.15) is 19.8 Å². The molecule has 0 radical (unpaired) electrons. The van der Waals surface area contributed by atoms with Gasteiger partial charge in [0.05, 0.1) is 0 Å². The average Bonchev–Trinajstić information content (AvgIpc) is 3.28. The molecule has 1 atom stereocenters. The van der Waals surface area contributed by atoms with Crippen LogP contribution in [0.2, 0.25) is 0 Å². The molecule has 11 heteroatoms. The molecule has 0 aromatic carbocycles. The van der Waals surface area contributed by atoms with Crippen LogP contribution in [0.3, 0.4) is 0 Å². The number of imide groups is 1. The van der Waals surface area contributed by atoms with Crippen molar-refractivity contribution in [2.24, 2.45) is 5.92 Å². The van der Waals surface area contributed by atoms with E-state index in [2.05, 4.69) is 10.1 Å². The summed E-state index contributed by atoms with van der Waals surface area (Å²) < 4.78 is 40.2. The summed E-state index contributed by atoms with van der Waals surface area (Å²) in [4.78, 5) is 47.4. The highest BCUT2D eigenvalue weighted by Crippen LogP contribution is 2.42. The van der Waals surface area contributed by atoms with E-state index in [0.29, 0.717) is 4.90 Å². The number of carbonyl (C=O) groups excluding carboxylic acids is 4. The van der Waals surface area contributed by atoms with Crippen molar-refractivity contribution >= 4 is 23.8 Å². The third-order valence-electron chi connectivity index (χ3n) is 3.83. The van der Waals surface area contributed by atoms with Crippen molar-refractivity contribution < 1.29 is 37.1 Å². The van der Waals surface area contributed by atoms with Crippen molar-refractivity contribution in [3.05, 3.63) is 0 Å². The van der Waals surface area contributed by atoms with E-state index in [-0.39, 0.29) is 5.92 Å². The summed E-state index contributed by atoms with van der Waals surface area (Å²) in [5, 5.41) is 4.05. The Morgan fingerprint density at radius 2 is 2.00 bits per heavy atom. The van der Waals surface area contributed by atoms with Crippen molar-refractivity contribution in [1.82, 2.24) is 15.5 Å². The Labute approximate surface area is 134 Å². The molecular formula is C13H16F3N3O5. The highest BCUT2D eigenvalue weighted by molar-refractivity contribution is 6.08. The number of halogens is 3. The van der Waals surface area contributed by atoms with Crippen molar-refractivity contribution in [3.63, 3.8) is 0 Å². The molecule has 2 rings (SSSR count). The Bertz CT molecular complexity index is 576. The van der Waals surface area contributed by atoms with Crippen molar-refractivity contribution in [3.8, 4) is 0 Å². The Hall–Kier alpha value is -2.33. The second kappa shape index (κ2) is 6.29. The molecule has 1 saturated heterocycles. The molecule has 24 heavy (non-hydrogen) atoms. The van der Waals surface area contributed by atoms with Crippen LogP contribution >= 0.6 is 0 Å². The number of rotatable bonds is 6. The molecule has 0 spiro atoms. The van der Waals surface area contributed by atoms with Gasteiger partial charge in [0.25, 0.3) is 11.8 Å². The molecule has 1 saturated carbocycles. The lowest BCUT2D eigenvalue weighted by Gasteiger charge is -2.20. The maximum Gasteiger partial charge on any atom is 0.405 e. The zero-order chi connectivity index (χ0) is 18.1. The zero-order valence-electron chi connectivity index (χ0n) is 12.7. The van der Waals surface area contributed by atoms with Crippen LogP contribution in [0.25, 0.3) is 0 Å². The summed E-state index contributed by atoms with van der Waals surface area (Å²) in [5.41, 5.74) is -1.05. The number of carbonyl (C=O) groups is 4. The summed E-state index contributed by atoms with van der Waals surface area (Å²) in [5.74, 6) is -2.75. The minimum absolute atomic E-state index is 0.0168. The minimum Gasteiger partial charge on any atom is -0.454 e. The normalized spacial score (nSPS) is 23.9. The number of nitrogens with one attached hydrogen (secondary N) is 2. The van der Waals surface area contributed by atoms with Gasteiger partial charge in [0.15, 0.2) is 6.61 Å². The Balaban J connectivity index is 1.79. The van der Waals surface area contributed by atoms with Gasteiger partial charge in [-0.05, 0) is 25.7 Å². The number of urea groups is 1. The monoisotopic (exact) mass is 351 g/mol. The summed E-state index contributed by atoms with van der Waals surface area (Å²) in [6.45, 7) is -1.62. The summed E-state index contributed by atoms with van der Waals surface area (Å²) in [6.07, 6.45) is -2.99. The largest absolute Gasteiger partial charge is 0.454 e. The third-order valence-corrected chi connectivity index (χ3v) is 3.83. The Kier molecular flexibility index (Phi) is 4.72. The predicted octanol–water partition coefficient (Wildman–Crippen LogP) is -0.0714. The lowest BCUT2D eigenvalue weighted by atomic mass is 9.96. The molecule has 1 aliphatic carbocycles. The summed E-state index contributed by atoms with van der Waals surface area (Å²) in [7, 11) is 0. The lowest BCUT2D eigenvalue weighted by molar-refractivity contribution is -0.153. The van der Waals surface area contributed by atoms with Gasteiger partial charge in [0, 0.05) is 0 Å². The van der Waals surface area contributed by atoms with E-state index >= 15 is 0 Å². The number of hydrogen-bond donors (Lipinski definition) is 2. The minimum atomic E-state index is -4.58. The molecule has 0 aromatic rings. The van der Waals surface area contributed by atoms with Gasteiger partial charge < -0.3 is 15.4 Å². The van der Waals surface area contributed by atoms with Crippen LogP contribution in [0, 0.1) is 5.92 Å². The Morgan fingerprint density at radius 1 is 1.38 bits per heavy atom. The zero-order valence-corrected chi connectivity index (χ0v) is 12.7. The van der Waals surface area contributed by atoms with E-state index in [4.69, 9.17) is 0 Å². The fourth-order valence-electron chi connectivity index (χ4n) is 2.37. The van der Waals surface area contributed by atoms with Crippen LogP contribution < -0.4 is 10.6 Å². The molecule has 8 nitrogen and oxygen atoms in total. The quantitative estimate of drug-likeness (QED) is 0.515. The van der Waals surface area contributed by atoms with Gasteiger partial charge in [-0.2, -0.15) is 13.2 Å². The van der Waals surface area contributed by atoms with Gasteiger partial charge in [-0.25, -0.2) is 4.79 Å². The Morgan fingerprint density at radius 3 is 2.54 bits per heavy atom. The topological polar surface area (TPSA) is 105 Å². The molecule has 0 aromatic heterocycles. The molecular weight excluding hydrogens is 335 g/mol. The smallest absolute Gasteiger partial charge is 0.405 e. The van der Waals surface area contributed by atoms with Crippen LogP contribution in [0.4, 0.5) is 18.0 Å². The molecule has 134 valence electrons. The third kappa shape index (κ3) is 4.15. The van der Waals surface area contributed by atoms with Crippen molar-refractivity contribution in [1.29, 1.82) is 0 Å². The van der Waals surface area contributed by atoms with E-state index in [0.717, 1.165) is 12.8 Å². The number of amides is 4. The second-order valence-electron chi connectivity index (χ2n) is 5.85. The number of esters is 1. The number of alkyl halides is 3. The maximum atomic E-state index is 12.2. The SMILES string of the molecule is C[C@@]1(C2CC2)NC(=O)N(CC(=O)OCC(=O)NCC(F)(F)F)C1=O. The molecule has 2 fully saturated rings. The summed E-state index contributed by atoms with van der Waals surface area (Å²) in [6, 6.07) is -0.743. The fraction of sp³-hybridized carbons (Fsp3) is 0.692. The van der Waals surface area contributed by atoms with E-state index in [9.17, 15) is 32.3 Å². The van der Waals surface area contributed by atoms with Gasteiger partial charge in [0.2, 0.25) is 0 Å². The van der Waals surface area contributed by atoms with Crippen LogP contribution in [0.15, 0.2) is 0 Å². The first-order valence-corrected chi connectivity index (χ1v) is 7.16. The van der Waals surface area contributed by atoms with E-state index in [1.54, 1.807) is 6.92 Å². The molecule has 4 amide bonds. The predicted molar refractivity (Wildman–Crippen MR) is 71.4 cm³/mol. The first kappa shape index (κ1) is 18.0. The van der Waals surface area contributed by atoms with Crippen LogP contribution in [0.5, 0.6) is 0 Å². The van der Waals surface area contributed by atoms with Crippen LogP contribution in [-0.4, -0.2) is 60.1 Å². The second-order valence-corrected chi connectivity index (χ2v) is 5.85. The van der Waals surface area contributed by atoms with Gasteiger partial charge in [0.1, 0.15) is 18.6 Å². The molecule has 1 heterocycles. The average molecular weight is 351 g/mol. The first-order chi connectivity index (χ1) is 11.0. The first-order valence-electron chi connectivity index (χ1n) is 7.16. The van der Waals surface area contributed by atoms with Crippen molar-refractivity contribution in [2.75, 3.05) is 19.7 Å². The number of ether oxygens (including phenoxy) is 1. The highest BCUT2D eigenvalue weighted by atomic mass is 19.4. The number of hydrogen-bond acceptors (Lipinski definition) is 5. The standard InChI is InChI=1S/C13H16F3N3O5/c1-12(7-2-3-7)10(22)19(11(23)18-12)4-9(21)24-5-8(20)17-6-13(14,15)16/h7H,2-6H2,1H3,(H,17,20)(H,18,23)/t12-/m0/s1. The van der Waals surface area contributed by atoms with Gasteiger partial charge in [-0.1, -0.05) is 0 Å². The molecule has 0 unspecified atom stereocenters.